The molecular weight excluding hydrogens is 324 g/mol. The number of carbonyl (C=O) groups is 1. The van der Waals surface area contributed by atoms with E-state index < -0.39 is 0 Å². The van der Waals surface area contributed by atoms with Crippen molar-refractivity contribution in [3.8, 4) is 10.8 Å². The third kappa shape index (κ3) is 2.94. The van der Waals surface area contributed by atoms with Gasteiger partial charge in [-0.1, -0.05) is 30.3 Å². The van der Waals surface area contributed by atoms with Crippen LogP contribution in [0.4, 0.5) is 0 Å². The van der Waals surface area contributed by atoms with E-state index in [4.69, 9.17) is 4.74 Å². The molecule has 2 aromatic heterocycles. The molecule has 1 aromatic carbocycles. The number of rotatable bonds is 5. The van der Waals surface area contributed by atoms with Gasteiger partial charge in [-0.15, -0.1) is 11.3 Å². The van der Waals surface area contributed by atoms with Crippen molar-refractivity contribution in [2.24, 2.45) is 0 Å². The molecule has 0 spiro atoms. The highest BCUT2D eigenvalue weighted by atomic mass is 32.1. The lowest BCUT2D eigenvalue weighted by Gasteiger charge is -2.16. The van der Waals surface area contributed by atoms with E-state index in [9.17, 15) is 4.79 Å². The summed E-state index contributed by atoms with van der Waals surface area (Å²) < 4.78 is 5.84. The summed E-state index contributed by atoms with van der Waals surface area (Å²) in [6, 6.07) is 10.1. The number of nitrogens with one attached hydrogen (secondary N) is 1. The van der Waals surface area contributed by atoms with Crippen molar-refractivity contribution in [1.29, 1.82) is 0 Å². The number of aromatic amines is 1. The molecule has 0 unspecified atom stereocenters. The van der Waals surface area contributed by atoms with Crippen LogP contribution in [0.5, 0.6) is 0 Å². The molecule has 2 heterocycles. The summed E-state index contributed by atoms with van der Waals surface area (Å²) in [6.45, 7) is 1.81. The number of ether oxygens (including phenoxy) is 1. The van der Waals surface area contributed by atoms with Gasteiger partial charge in [0, 0.05) is 6.42 Å². The van der Waals surface area contributed by atoms with Gasteiger partial charge < -0.3 is 4.74 Å². The maximum absolute atomic E-state index is 12.6. The molecule has 24 heavy (non-hydrogen) atoms. The minimum Gasteiger partial charge on any atom is -0.454 e. The summed E-state index contributed by atoms with van der Waals surface area (Å²) in [5.74, 6) is 0.261. The molecule has 0 bridgehead atoms. The second kappa shape index (κ2) is 5.83. The molecule has 4 rings (SSSR count). The first-order chi connectivity index (χ1) is 11.7. The quantitative estimate of drug-likeness (QED) is 0.722. The van der Waals surface area contributed by atoms with Crippen LogP contribution in [-0.4, -0.2) is 31.7 Å². The summed E-state index contributed by atoms with van der Waals surface area (Å²) in [5.41, 5.74) is 1.49. The van der Waals surface area contributed by atoms with E-state index in [2.05, 4.69) is 32.3 Å². The van der Waals surface area contributed by atoms with Crippen LogP contribution in [-0.2, 0) is 11.2 Å². The van der Waals surface area contributed by atoms with E-state index in [1.165, 1.54) is 23.2 Å². The van der Waals surface area contributed by atoms with Crippen LogP contribution >= 0.6 is 11.3 Å². The average Bonchev–Trinajstić information content (AvgIpc) is 3.01. The van der Waals surface area contributed by atoms with Crippen molar-refractivity contribution in [1.82, 2.24) is 20.2 Å². The van der Waals surface area contributed by atoms with Crippen LogP contribution in [0.3, 0.4) is 0 Å². The van der Waals surface area contributed by atoms with Gasteiger partial charge in [-0.25, -0.2) is 14.8 Å². The number of esters is 1. The van der Waals surface area contributed by atoms with Gasteiger partial charge in [-0.2, -0.15) is 5.10 Å². The maximum Gasteiger partial charge on any atom is 0.350 e. The zero-order valence-electron chi connectivity index (χ0n) is 13.2. The first kappa shape index (κ1) is 15.0. The zero-order chi connectivity index (χ0) is 16.6. The van der Waals surface area contributed by atoms with Gasteiger partial charge in [0.05, 0.1) is 5.69 Å². The van der Waals surface area contributed by atoms with E-state index in [0.717, 1.165) is 19.3 Å². The summed E-state index contributed by atoms with van der Waals surface area (Å²) in [5, 5.41) is 7.22. The Labute approximate surface area is 142 Å². The average molecular weight is 340 g/mol. The third-order valence-electron chi connectivity index (χ3n) is 4.09. The monoisotopic (exact) mass is 340 g/mol. The predicted molar refractivity (Wildman–Crippen MR) is 89.8 cm³/mol. The molecule has 7 heteroatoms. The van der Waals surface area contributed by atoms with Crippen molar-refractivity contribution in [3.05, 3.63) is 52.8 Å². The van der Waals surface area contributed by atoms with Gasteiger partial charge in [-0.05, 0) is 25.3 Å². The standard InChI is InChI=1S/C17H16N4O2S/c1-11-13(24-15(20-11)14-18-10-19-21-14)16(22)23-17(7-8-17)9-12-5-3-2-4-6-12/h2-6,10H,7-9H2,1H3,(H,18,19,21). The molecule has 0 atom stereocenters. The molecular formula is C17H16N4O2S. The molecule has 1 fully saturated rings. The van der Waals surface area contributed by atoms with E-state index in [1.807, 2.05) is 25.1 Å². The van der Waals surface area contributed by atoms with Crippen LogP contribution < -0.4 is 0 Å². The van der Waals surface area contributed by atoms with Gasteiger partial charge in [0.25, 0.3) is 0 Å². The Kier molecular flexibility index (Phi) is 3.65. The number of aromatic nitrogens is 4. The normalized spacial score (nSPS) is 15.2. The summed E-state index contributed by atoms with van der Waals surface area (Å²) in [7, 11) is 0. The van der Waals surface area contributed by atoms with Crippen LogP contribution in [0, 0.1) is 6.92 Å². The largest absolute Gasteiger partial charge is 0.454 e. The van der Waals surface area contributed by atoms with Gasteiger partial charge in [0.1, 0.15) is 16.8 Å². The van der Waals surface area contributed by atoms with E-state index >= 15 is 0 Å². The first-order valence-corrected chi connectivity index (χ1v) is 8.57. The van der Waals surface area contributed by atoms with E-state index in [-0.39, 0.29) is 11.6 Å². The number of nitrogens with zero attached hydrogens (tertiary/aromatic N) is 3. The highest BCUT2D eigenvalue weighted by Gasteiger charge is 2.47. The van der Waals surface area contributed by atoms with Gasteiger partial charge in [0.15, 0.2) is 10.8 Å². The Morgan fingerprint density at radius 3 is 2.79 bits per heavy atom. The lowest BCUT2D eigenvalue weighted by Crippen LogP contribution is -2.22. The summed E-state index contributed by atoms with van der Waals surface area (Å²) >= 11 is 1.28. The Bertz CT molecular complexity index is 854. The molecule has 0 aliphatic heterocycles. The number of H-pyrrole nitrogens is 1. The number of hydrogen-bond acceptors (Lipinski definition) is 6. The Hall–Kier alpha value is -2.54. The zero-order valence-corrected chi connectivity index (χ0v) is 14.0. The summed E-state index contributed by atoms with van der Waals surface area (Å²) in [4.78, 5) is 21.6. The first-order valence-electron chi connectivity index (χ1n) is 7.76. The van der Waals surface area contributed by atoms with Gasteiger partial charge >= 0.3 is 5.97 Å². The molecule has 122 valence electrons. The number of carbonyl (C=O) groups excluding carboxylic acids is 1. The number of hydrogen-bond donors (Lipinski definition) is 1. The second-order valence-corrected chi connectivity index (χ2v) is 7.00. The molecule has 0 amide bonds. The molecule has 3 aromatic rings. The van der Waals surface area contributed by atoms with E-state index in [1.54, 1.807) is 0 Å². The fourth-order valence-electron chi connectivity index (χ4n) is 2.66. The molecule has 1 aliphatic rings. The number of thiazole rings is 1. The van der Waals surface area contributed by atoms with Crippen LogP contribution in [0.15, 0.2) is 36.7 Å². The summed E-state index contributed by atoms with van der Waals surface area (Å²) in [6.07, 6.45) is 3.98. The van der Waals surface area contributed by atoms with Crippen LogP contribution in [0.1, 0.15) is 33.8 Å². The van der Waals surface area contributed by atoms with Crippen molar-refractivity contribution in [3.63, 3.8) is 0 Å². The van der Waals surface area contributed by atoms with Gasteiger partial charge in [-0.3, -0.25) is 5.10 Å². The molecule has 0 radical (unpaired) electrons. The Morgan fingerprint density at radius 1 is 1.33 bits per heavy atom. The second-order valence-electron chi connectivity index (χ2n) is 6.00. The molecule has 1 aliphatic carbocycles. The minimum absolute atomic E-state index is 0.302. The SMILES string of the molecule is Cc1nc(-c2ncn[nH]2)sc1C(=O)OC1(Cc2ccccc2)CC1. The lowest BCUT2D eigenvalue weighted by molar-refractivity contribution is 0.0233. The Morgan fingerprint density at radius 2 is 2.12 bits per heavy atom. The molecule has 0 saturated heterocycles. The smallest absolute Gasteiger partial charge is 0.350 e. The minimum atomic E-state index is -0.360. The van der Waals surface area contributed by atoms with Crippen LogP contribution in [0.2, 0.25) is 0 Å². The van der Waals surface area contributed by atoms with Gasteiger partial charge in [0.2, 0.25) is 0 Å². The fourth-order valence-corrected chi connectivity index (χ4v) is 3.55. The van der Waals surface area contributed by atoms with Crippen molar-refractivity contribution < 1.29 is 9.53 Å². The number of benzene rings is 1. The highest BCUT2D eigenvalue weighted by molar-refractivity contribution is 7.16. The third-order valence-corrected chi connectivity index (χ3v) is 5.23. The fraction of sp³-hybridized carbons (Fsp3) is 0.294. The Balaban J connectivity index is 1.50. The highest BCUT2D eigenvalue weighted by Crippen LogP contribution is 2.43. The van der Waals surface area contributed by atoms with E-state index in [0.29, 0.717) is 21.4 Å². The predicted octanol–water partition coefficient (Wildman–Crippen LogP) is 3.17. The maximum atomic E-state index is 12.6. The van der Waals surface area contributed by atoms with Crippen molar-refractivity contribution in [2.45, 2.75) is 31.8 Å². The molecule has 1 N–H and O–H groups in total. The van der Waals surface area contributed by atoms with Crippen LogP contribution in [0.25, 0.3) is 10.8 Å². The molecule has 1 saturated carbocycles. The van der Waals surface area contributed by atoms with Crippen molar-refractivity contribution >= 4 is 17.3 Å². The lowest BCUT2D eigenvalue weighted by atomic mass is 10.1. The number of aryl methyl sites for hydroxylation is 1. The molecule has 6 nitrogen and oxygen atoms in total. The topological polar surface area (TPSA) is 80.8 Å². The van der Waals surface area contributed by atoms with Crippen molar-refractivity contribution in [2.75, 3.05) is 0 Å².